The normalized spacial score (nSPS) is 10.3. The number of nitrogens with zero attached hydrogens (tertiary/aromatic N) is 2. The van der Waals surface area contributed by atoms with E-state index in [9.17, 15) is 4.79 Å². The number of halogens is 1. The van der Waals surface area contributed by atoms with Gasteiger partial charge in [0.15, 0.2) is 0 Å². The minimum Gasteiger partial charge on any atom is -0.319 e. The van der Waals surface area contributed by atoms with E-state index in [-0.39, 0.29) is 5.91 Å². The van der Waals surface area contributed by atoms with Crippen LogP contribution in [-0.2, 0) is 7.05 Å². The van der Waals surface area contributed by atoms with E-state index in [4.69, 9.17) is 11.6 Å². The predicted octanol–water partition coefficient (Wildman–Crippen LogP) is 2.63. The van der Waals surface area contributed by atoms with Crippen molar-refractivity contribution in [1.29, 1.82) is 0 Å². The summed E-state index contributed by atoms with van der Waals surface area (Å²) >= 11 is 5.76. The highest BCUT2D eigenvalue weighted by atomic mass is 35.5. The van der Waals surface area contributed by atoms with Gasteiger partial charge in [0.2, 0.25) is 0 Å². The molecule has 1 aromatic carbocycles. The molecule has 1 heterocycles. The molecule has 5 heteroatoms. The molecule has 0 radical (unpaired) electrons. The Bertz CT molecular complexity index is 545. The molecule has 0 aliphatic carbocycles. The highest BCUT2D eigenvalue weighted by Gasteiger charge is 2.09. The molecule has 0 bridgehead atoms. The van der Waals surface area contributed by atoms with Crippen LogP contribution in [0.25, 0.3) is 0 Å². The van der Waals surface area contributed by atoms with E-state index in [0.29, 0.717) is 16.3 Å². The highest BCUT2D eigenvalue weighted by Crippen LogP contribution is 2.15. The number of carbonyl (C=O) groups excluding carboxylic acids is 1. The van der Waals surface area contributed by atoms with Crippen molar-refractivity contribution in [3.63, 3.8) is 0 Å². The quantitative estimate of drug-likeness (QED) is 0.889. The van der Waals surface area contributed by atoms with Gasteiger partial charge >= 0.3 is 0 Å². The summed E-state index contributed by atoms with van der Waals surface area (Å²) < 4.78 is 1.71. The second-order valence-electron chi connectivity index (χ2n) is 3.73. The van der Waals surface area contributed by atoms with Crippen molar-refractivity contribution >= 4 is 23.2 Å². The SMILES string of the molecule is Cc1c(NC(=O)c2ccc(Cl)cc2)cnn1C. The van der Waals surface area contributed by atoms with Crippen LogP contribution in [0.3, 0.4) is 0 Å². The van der Waals surface area contributed by atoms with Crippen molar-refractivity contribution in [3.8, 4) is 0 Å². The molecule has 0 spiro atoms. The maximum Gasteiger partial charge on any atom is 0.255 e. The van der Waals surface area contributed by atoms with Crippen LogP contribution >= 0.6 is 11.6 Å². The number of anilines is 1. The Kier molecular flexibility index (Phi) is 3.15. The number of aromatic nitrogens is 2. The van der Waals surface area contributed by atoms with Gasteiger partial charge in [-0.25, -0.2) is 0 Å². The zero-order valence-corrected chi connectivity index (χ0v) is 10.3. The summed E-state index contributed by atoms with van der Waals surface area (Å²) in [5.41, 5.74) is 2.19. The minimum absolute atomic E-state index is 0.169. The lowest BCUT2D eigenvalue weighted by Gasteiger charge is -2.04. The van der Waals surface area contributed by atoms with E-state index < -0.39 is 0 Å². The molecule has 0 saturated carbocycles. The summed E-state index contributed by atoms with van der Waals surface area (Å²) in [5, 5.41) is 7.47. The van der Waals surface area contributed by atoms with E-state index in [2.05, 4.69) is 10.4 Å². The predicted molar refractivity (Wildman–Crippen MR) is 67.4 cm³/mol. The molecule has 4 nitrogen and oxygen atoms in total. The van der Waals surface area contributed by atoms with Gasteiger partial charge in [0.05, 0.1) is 17.6 Å². The smallest absolute Gasteiger partial charge is 0.255 e. The molecular formula is C12H12ClN3O. The van der Waals surface area contributed by atoms with Gasteiger partial charge < -0.3 is 5.32 Å². The average molecular weight is 250 g/mol. The first kappa shape index (κ1) is 11.7. The van der Waals surface area contributed by atoms with Crippen LogP contribution in [-0.4, -0.2) is 15.7 Å². The van der Waals surface area contributed by atoms with Gasteiger partial charge in [-0.15, -0.1) is 0 Å². The Morgan fingerprint density at radius 3 is 2.53 bits per heavy atom. The molecule has 2 aromatic rings. The molecule has 1 N–H and O–H groups in total. The fraction of sp³-hybridized carbons (Fsp3) is 0.167. The Labute approximate surface area is 104 Å². The van der Waals surface area contributed by atoms with Crippen LogP contribution in [0.15, 0.2) is 30.5 Å². The summed E-state index contributed by atoms with van der Waals surface area (Å²) in [6.45, 7) is 1.89. The third kappa shape index (κ3) is 2.47. The Hall–Kier alpha value is -1.81. The van der Waals surface area contributed by atoms with Crippen molar-refractivity contribution in [2.45, 2.75) is 6.92 Å². The summed E-state index contributed by atoms with van der Waals surface area (Å²) in [6, 6.07) is 6.74. The Morgan fingerprint density at radius 1 is 1.35 bits per heavy atom. The topological polar surface area (TPSA) is 46.9 Å². The summed E-state index contributed by atoms with van der Waals surface area (Å²) in [5.74, 6) is -0.169. The van der Waals surface area contributed by atoms with Crippen molar-refractivity contribution < 1.29 is 4.79 Å². The van der Waals surface area contributed by atoms with Gasteiger partial charge in [-0.3, -0.25) is 9.48 Å². The summed E-state index contributed by atoms with van der Waals surface area (Å²) in [4.78, 5) is 11.9. The van der Waals surface area contributed by atoms with Crippen LogP contribution in [0.4, 0.5) is 5.69 Å². The number of aryl methyl sites for hydroxylation is 1. The molecule has 88 valence electrons. The lowest BCUT2D eigenvalue weighted by atomic mass is 10.2. The van der Waals surface area contributed by atoms with Gasteiger partial charge in [-0.1, -0.05) is 11.6 Å². The molecule has 1 amide bonds. The molecule has 0 atom stereocenters. The van der Waals surface area contributed by atoms with Crippen LogP contribution in [0, 0.1) is 6.92 Å². The number of amides is 1. The number of carbonyl (C=O) groups is 1. The lowest BCUT2D eigenvalue weighted by molar-refractivity contribution is 0.102. The van der Waals surface area contributed by atoms with Gasteiger partial charge in [0.25, 0.3) is 5.91 Å². The van der Waals surface area contributed by atoms with E-state index in [0.717, 1.165) is 5.69 Å². The summed E-state index contributed by atoms with van der Waals surface area (Å²) in [7, 11) is 1.83. The van der Waals surface area contributed by atoms with Crippen molar-refractivity contribution in [3.05, 3.63) is 46.7 Å². The summed E-state index contributed by atoms with van der Waals surface area (Å²) in [6.07, 6.45) is 1.63. The third-order valence-electron chi connectivity index (χ3n) is 2.59. The van der Waals surface area contributed by atoms with Crippen molar-refractivity contribution in [1.82, 2.24) is 9.78 Å². The van der Waals surface area contributed by atoms with E-state index in [1.807, 2.05) is 14.0 Å². The Balaban J connectivity index is 2.17. The van der Waals surface area contributed by atoms with Crippen LogP contribution in [0.5, 0.6) is 0 Å². The molecule has 0 aliphatic heterocycles. The number of benzene rings is 1. The van der Waals surface area contributed by atoms with Gasteiger partial charge in [0.1, 0.15) is 0 Å². The first-order valence-electron chi connectivity index (χ1n) is 5.13. The fourth-order valence-electron chi connectivity index (χ4n) is 1.42. The van der Waals surface area contributed by atoms with Gasteiger partial charge in [-0.05, 0) is 31.2 Å². The maximum absolute atomic E-state index is 11.9. The number of nitrogens with one attached hydrogen (secondary N) is 1. The van der Waals surface area contributed by atoms with Crippen LogP contribution < -0.4 is 5.32 Å². The number of rotatable bonds is 2. The van der Waals surface area contributed by atoms with Crippen molar-refractivity contribution in [2.24, 2.45) is 7.05 Å². The average Bonchev–Trinajstić information content (AvgIpc) is 2.62. The maximum atomic E-state index is 11.9. The minimum atomic E-state index is -0.169. The first-order chi connectivity index (χ1) is 8.08. The molecule has 2 rings (SSSR count). The standard InChI is InChI=1S/C12H12ClN3O/c1-8-11(7-14-16(8)2)15-12(17)9-3-5-10(13)6-4-9/h3-7H,1-2H3,(H,15,17). The molecule has 1 aromatic heterocycles. The second-order valence-corrected chi connectivity index (χ2v) is 4.16. The van der Waals surface area contributed by atoms with Crippen LogP contribution in [0.1, 0.15) is 16.1 Å². The molecular weight excluding hydrogens is 238 g/mol. The van der Waals surface area contributed by atoms with E-state index in [1.165, 1.54) is 0 Å². The highest BCUT2D eigenvalue weighted by molar-refractivity contribution is 6.30. The number of hydrogen-bond acceptors (Lipinski definition) is 2. The monoisotopic (exact) mass is 249 g/mol. The van der Waals surface area contributed by atoms with Crippen molar-refractivity contribution in [2.75, 3.05) is 5.32 Å². The largest absolute Gasteiger partial charge is 0.319 e. The fourth-order valence-corrected chi connectivity index (χ4v) is 1.54. The molecule has 0 fully saturated rings. The van der Waals surface area contributed by atoms with Gasteiger partial charge in [-0.2, -0.15) is 5.10 Å². The zero-order chi connectivity index (χ0) is 12.4. The zero-order valence-electron chi connectivity index (χ0n) is 9.57. The lowest BCUT2D eigenvalue weighted by Crippen LogP contribution is -2.12. The Morgan fingerprint density at radius 2 is 2.00 bits per heavy atom. The van der Waals surface area contributed by atoms with E-state index >= 15 is 0 Å². The van der Waals surface area contributed by atoms with E-state index in [1.54, 1.807) is 35.1 Å². The molecule has 0 aliphatic rings. The second kappa shape index (κ2) is 4.59. The molecule has 0 unspecified atom stereocenters. The number of hydrogen-bond donors (Lipinski definition) is 1. The molecule has 17 heavy (non-hydrogen) atoms. The first-order valence-corrected chi connectivity index (χ1v) is 5.51. The van der Waals surface area contributed by atoms with Crippen LogP contribution in [0.2, 0.25) is 5.02 Å². The molecule has 0 saturated heterocycles. The van der Waals surface area contributed by atoms with Gasteiger partial charge in [0, 0.05) is 17.6 Å². The third-order valence-corrected chi connectivity index (χ3v) is 2.84.